The van der Waals surface area contributed by atoms with Crippen LogP contribution in [-0.4, -0.2) is 37.9 Å². The van der Waals surface area contributed by atoms with Gasteiger partial charge in [0, 0.05) is 18.6 Å². The lowest BCUT2D eigenvalue weighted by molar-refractivity contribution is 0.233. The maximum absolute atomic E-state index is 12.7. The Balaban J connectivity index is 1.99. The molecule has 2 saturated heterocycles. The predicted molar refractivity (Wildman–Crippen MR) is 72.1 cm³/mol. The number of sulfonamides is 1. The number of nitrogens with one attached hydrogen (secondary N) is 1. The summed E-state index contributed by atoms with van der Waals surface area (Å²) in [6.45, 7) is 6.61. The molecule has 100 valence electrons. The van der Waals surface area contributed by atoms with Gasteiger partial charge in [0.25, 0.3) is 10.0 Å². The molecule has 1 N–H and O–H groups in total. The van der Waals surface area contributed by atoms with E-state index in [9.17, 15) is 8.42 Å². The van der Waals surface area contributed by atoms with Crippen molar-refractivity contribution in [3.05, 3.63) is 17.5 Å². The Hall–Kier alpha value is -0.430. The van der Waals surface area contributed by atoms with E-state index in [1.165, 1.54) is 11.3 Å². The lowest BCUT2D eigenvalue weighted by atomic mass is 9.85. The standard InChI is InChI=1S/C12H18N2O2S2/c1-12(2)10-7-13-6-9(10)8-14(12)18(15,16)11-4-3-5-17-11/h3-5,9-10,13H,6-8H2,1-2H3. The van der Waals surface area contributed by atoms with Crippen molar-refractivity contribution in [2.75, 3.05) is 19.6 Å². The van der Waals surface area contributed by atoms with Crippen LogP contribution in [0.1, 0.15) is 13.8 Å². The van der Waals surface area contributed by atoms with E-state index in [0.29, 0.717) is 22.6 Å². The SMILES string of the molecule is CC1(C)C2CNCC2CN1S(=O)(=O)c1cccs1. The van der Waals surface area contributed by atoms with Gasteiger partial charge < -0.3 is 5.32 Å². The molecule has 4 nitrogen and oxygen atoms in total. The summed E-state index contributed by atoms with van der Waals surface area (Å²) in [6.07, 6.45) is 0. The van der Waals surface area contributed by atoms with Gasteiger partial charge in [-0.3, -0.25) is 0 Å². The molecule has 18 heavy (non-hydrogen) atoms. The van der Waals surface area contributed by atoms with Crippen LogP contribution in [0, 0.1) is 11.8 Å². The van der Waals surface area contributed by atoms with Crippen LogP contribution in [0.5, 0.6) is 0 Å². The van der Waals surface area contributed by atoms with Crippen LogP contribution in [0.15, 0.2) is 21.7 Å². The summed E-state index contributed by atoms with van der Waals surface area (Å²) in [4.78, 5) is 0. The Morgan fingerprint density at radius 1 is 1.44 bits per heavy atom. The number of thiophene rings is 1. The zero-order valence-corrected chi connectivity index (χ0v) is 12.2. The minimum absolute atomic E-state index is 0.295. The Bertz CT molecular complexity index is 536. The largest absolute Gasteiger partial charge is 0.316 e. The second-order valence-corrected chi connectivity index (χ2v) is 8.68. The van der Waals surface area contributed by atoms with Crippen LogP contribution in [0.25, 0.3) is 0 Å². The second-order valence-electron chi connectivity index (χ2n) is 5.65. The van der Waals surface area contributed by atoms with Gasteiger partial charge in [-0.2, -0.15) is 4.31 Å². The Labute approximate surface area is 112 Å². The third kappa shape index (κ3) is 1.66. The highest BCUT2D eigenvalue weighted by atomic mass is 32.2. The second kappa shape index (κ2) is 4.03. The van der Waals surface area contributed by atoms with Crippen molar-refractivity contribution in [3.63, 3.8) is 0 Å². The van der Waals surface area contributed by atoms with E-state index in [1.54, 1.807) is 16.4 Å². The molecular formula is C12H18N2O2S2. The fourth-order valence-electron chi connectivity index (χ4n) is 3.31. The summed E-state index contributed by atoms with van der Waals surface area (Å²) < 4.78 is 27.5. The molecule has 2 unspecified atom stereocenters. The van der Waals surface area contributed by atoms with Crippen molar-refractivity contribution in [1.29, 1.82) is 0 Å². The fourth-order valence-corrected chi connectivity index (χ4v) is 6.29. The molecule has 3 rings (SSSR count). The van der Waals surface area contributed by atoms with E-state index in [-0.39, 0.29) is 5.54 Å². The number of rotatable bonds is 2. The topological polar surface area (TPSA) is 49.4 Å². The first kappa shape index (κ1) is 12.6. The van der Waals surface area contributed by atoms with Gasteiger partial charge in [-0.1, -0.05) is 6.07 Å². The first-order valence-corrected chi connectivity index (χ1v) is 8.53. The number of nitrogens with zero attached hydrogens (tertiary/aromatic N) is 1. The number of hydrogen-bond donors (Lipinski definition) is 1. The molecule has 3 heterocycles. The summed E-state index contributed by atoms with van der Waals surface area (Å²) in [6, 6.07) is 3.49. The van der Waals surface area contributed by atoms with Gasteiger partial charge >= 0.3 is 0 Å². The molecule has 2 atom stereocenters. The Morgan fingerprint density at radius 3 is 2.83 bits per heavy atom. The predicted octanol–water partition coefficient (Wildman–Crippen LogP) is 1.37. The molecule has 1 aromatic rings. The van der Waals surface area contributed by atoms with Crippen molar-refractivity contribution in [1.82, 2.24) is 9.62 Å². The molecule has 0 amide bonds. The minimum Gasteiger partial charge on any atom is -0.316 e. The molecule has 0 aromatic carbocycles. The zero-order valence-electron chi connectivity index (χ0n) is 10.6. The first-order chi connectivity index (χ1) is 8.44. The molecule has 2 aliphatic heterocycles. The van der Waals surface area contributed by atoms with E-state index in [2.05, 4.69) is 19.2 Å². The summed E-state index contributed by atoms with van der Waals surface area (Å²) in [7, 11) is -3.32. The van der Waals surface area contributed by atoms with Crippen LogP contribution in [0.4, 0.5) is 0 Å². The fraction of sp³-hybridized carbons (Fsp3) is 0.667. The van der Waals surface area contributed by atoms with Crippen LogP contribution in [0.2, 0.25) is 0 Å². The third-order valence-corrected chi connectivity index (χ3v) is 7.76. The smallest absolute Gasteiger partial charge is 0.253 e. The van der Waals surface area contributed by atoms with Gasteiger partial charge in [-0.15, -0.1) is 11.3 Å². The van der Waals surface area contributed by atoms with Crippen molar-refractivity contribution >= 4 is 21.4 Å². The highest BCUT2D eigenvalue weighted by Gasteiger charge is 2.54. The van der Waals surface area contributed by atoms with Gasteiger partial charge in [0.15, 0.2) is 0 Å². The molecule has 0 radical (unpaired) electrons. The van der Waals surface area contributed by atoms with Gasteiger partial charge in [-0.25, -0.2) is 8.42 Å². The van der Waals surface area contributed by atoms with Crippen LogP contribution >= 0.6 is 11.3 Å². The lowest BCUT2D eigenvalue weighted by Gasteiger charge is -2.34. The first-order valence-electron chi connectivity index (χ1n) is 6.21. The van der Waals surface area contributed by atoms with Gasteiger partial charge in [0.1, 0.15) is 4.21 Å². The number of fused-ring (bicyclic) bond motifs is 1. The summed E-state index contributed by atoms with van der Waals surface area (Å²) in [5.74, 6) is 0.877. The summed E-state index contributed by atoms with van der Waals surface area (Å²) >= 11 is 1.30. The highest BCUT2D eigenvalue weighted by molar-refractivity contribution is 7.91. The van der Waals surface area contributed by atoms with E-state index < -0.39 is 10.0 Å². The van der Waals surface area contributed by atoms with E-state index in [1.807, 2.05) is 5.38 Å². The third-order valence-electron chi connectivity index (χ3n) is 4.33. The molecule has 2 aliphatic rings. The van der Waals surface area contributed by atoms with E-state index in [0.717, 1.165) is 13.1 Å². The van der Waals surface area contributed by atoms with Gasteiger partial charge in [-0.05, 0) is 43.7 Å². The molecule has 0 bridgehead atoms. The normalized spacial score (nSPS) is 31.7. The number of hydrogen-bond acceptors (Lipinski definition) is 4. The molecule has 1 aromatic heterocycles. The monoisotopic (exact) mass is 286 g/mol. The Kier molecular flexibility index (Phi) is 2.82. The van der Waals surface area contributed by atoms with Gasteiger partial charge in [0.2, 0.25) is 0 Å². The maximum atomic E-state index is 12.7. The lowest BCUT2D eigenvalue weighted by Crippen LogP contribution is -2.47. The Morgan fingerprint density at radius 2 is 2.22 bits per heavy atom. The average molecular weight is 286 g/mol. The van der Waals surface area contributed by atoms with Crippen molar-refractivity contribution in [3.8, 4) is 0 Å². The van der Waals surface area contributed by atoms with Crippen molar-refractivity contribution < 1.29 is 8.42 Å². The van der Waals surface area contributed by atoms with Crippen LogP contribution in [-0.2, 0) is 10.0 Å². The van der Waals surface area contributed by atoms with E-state index in [4.69, 9.17) is 0 Å². The maximum Gasteiger partial charge on any atom is 0.253 e. The molecular weight excluding hydrogens is 268 g/mol. The quantitative estimate of drug-likeness (QED) is 0.893. The van der Waals surface area contributed by atoms with E-state index >= 15 is 0 Å². The van der Waals surface area contributed by atoms with Crippen molar-refractivity contribution in [2.45, 2.75) is 23.6 Å². The summed E-state index contributed by atoms with van der Waals surface area (Å²) in [5, 5.41) is 5.19. The van der Waals surface area contributed by atoms with Gasteiger partial charge in [0.05, 0.1) is 0 Å². The van der Waals surface area contributed by atoms with Crippen LogP contribution < -0.4 is 5.32 Å². The molecule has 6 heteroatoms. The molecule has 0 saturated carbocycles. The summed E-state index contributed by atoms with van der Waals surface area (Å²) in [5.41, 5.74) is -0.295. The van der Waals surface area contributed by atoms with Crippen LogP contribution in [0.3, 0.4) is 0 Å². The van der Waals surface area contributed by atoms with Crippen molar-refractivity contribution in [2.24, 2.45) is 11.8 Å². The molecule has 0 aliphatic carbocycles. The highest BCUT2D eigenvalue weighted by Crippen LogP contribution is 2.43. The zero-order chi connectivity index (χ0) is 13.0. The molecule has 2 fully saturated rings. The average Bonchev–Trinajstić information content (AvgIpc) is 2.97. The minimum atomic E-state index is -3.32. The molecule has 0 spiro atoms.